The third-order valence-corrected chi connectivity index (χ3v) is 3.59. The molecule has 1 aliphatic heterocycles. The molecule has 1 aliphatic rings. The summed E-state index contributed by atoms with van der Waals surface area (Å²) in [5.74, 6) is -2.29. The Labute approximate surface area is 98.0 Å². The van der Waals surface area contributed by atoms with Crippen LogP contribution in [0.3, 0.4) is 0 Å². The standard InChI is InChI=1S/C10H17F2NO2S/c11-10(12)16-5-1-2-7-3-4-13-8(6-7)9(14)15/h7-8,10,13H,1-6H2,(H,14,15). The molecule has 3 nitrogen and oxygen atoms in total. The van der Waals surface area contributed by atoms with E-state index in [1.165, 1.54) is 0 Å². The molecule has 0 radical (unpaired) electrons. The minimum atomic E-state index is -2.29. The highest BCUT2D eigenvalue weighted by atomic mass is 32.2. The van der Waals surface area contributed by atoms with Crippen molar-refractivity contribution in [1.82, 2.24) is 5.32 Å². The Morgan fingerprint density at radius 3 is 2.94 bits per heavy atom. The summed E-state index contributed by atoms with van der Waals surface area (Å²) in [5, 5.41) is 11.8. The van der Waals surface area contributed by atoms with Crippen molar-refractivity contribution in [2.24, 2.45) is 5.92 Å². The minimum absolute atomic E-state index is 0.362. The van der Waals surface area contributed by atoms with E-state index in [-0.39, 0.29) is 0 Å². The van der Waals surface area contributed by atoms with E-state index in [1.54, 1.807) is 0 Å². The van der Waals surface area contributed by atoms with Gasteiger partial charge in [-0.3, -0.25) is 4.79 Å². The largest absolute Gasteiger partial charge is 0.480 e. The fourth-order valence-corrected chi connectivity index (χ4v) is 2.50. The summed E-state index contributed by atoms with van der Waals surface area (Å²) < 4.78 is 23.7. The summed E-state index contributed by atoms with van der Waals surface area (Å²) in [7, 11) is 0. The molecule has 0 aromatic carbocycles. The van der Waals surface area contributed by atoms with Gasteiger partial charge in [0, 0.05) is 0 Å². The van der Waals surface area contributed by atoms with E-state index in [0.717, 1.165) is 19.3 Å². The molecule has 1 heterocycles. The molecular formula is C10H17F2NO2S. The lowest BCUT2D eigenvalue weighted by Gasteiger charge is -2.27. The number of carboxylic acids is 1. The van der Waals surface area contributed by atoms with E-state index < -0.39 is 17.8 Å². The lowest BCUT2D eigenvalue weighted by Crippen LogP contribution is -2.43. The average Bonchev–Trinajstić information content (AvgIpc) is 2.24. The second kappa shape index (κ2) is 7.06. The third-order valence-electron chi connectivity index (χ3n) is 2.81. The van der Waals surface area contributed by atoms with Gasteiger partial charge in [-0.1, -0.05) is 11.8 Å². The molecule has 6 heteroatoms. The highest BCUT2D eigenvalue weighted by Gasteiger charge is 2.25. The molecule has 0 bridgehead atoms. The van der Waals surface area contributed by atoms with Crippen LogP contribution in [0, 0.1) is 5.92 Å². The third kappa shape index (κ3) is 5.12. The van der Waals surface area contributed by atoms with Crippen LogP contribution in [-0.2, 0) is 4.79 Å². The molecule has 0 amide bonds. The second-order valence-electron chi connectivity index (χ2n) is 4.01. The van der Waals surface area contributed by atoms with Crippen LogP contribution in [0.5, 0.6) is 0 Å². The molecule has 16 heavy (non-hydrogen) atoms. The van der Waals surface area contributed by atoms with E-state index in [1.807, 2.05) is 0 Å². The van der Waals surface area contributed by atoms with Crippen molar-refractivity contribution < 1.29 is 18.7 Å². The Kier molecular flexibility index (Phi) is 6.05. The van der Waals surface area contributed by atoms with Crippen molar-refractivity contribution in [3.05, 3.63) is 0 Å². The number of nitrogens with one attached hydrogen (secondary N) is 1. The first-order valence-electron chi connectivity index (χ1n) is 5.45. The maximum absolute atomic E-state index is 11.8. The summed E-state index contributed by atoms with van der Waals surface area (Å²) >= 11 is 0.662. The number of carboxylic acid groups (broad SMARTS) is 1. The van der Waals surface area contributed by atoms with Gasteiger partial charge in [0.2, 0.25) is 0 Å². The van der Waals surface area contributed by atoms with Crippen molar-refractivity contribution in [1.29, 1.82) is 0 Å². The van der Waals surface area contributed by atoms with E-state index in [0.29, 0.717) is 36.4 Å². The Morgan fingerprint density at radius 1 is 1.56 bits per heavy atom. The molecule has 0 saturated carbocycles. The SMILES string of the molecule is O=C(O)C1CC(CCCSC(F)F)CCN1. The monoisotopic (exact) mass is 253 g/mol. The predicted molar refractivity (Wildman–Crippen MR) is 59.8 cm³/mol. The normalized spacial score (nSPS) is 25.9. The zero-order chi connectivity index (χ0) is 12.0. The van der Waals surface area contributed by atoms with Crippen molar-refractivity contribution in [2.75, 3.05) is 12.3 Å². The Balaban J connectivity index is 2.14. The first kappa shape index (κ1) is 13.7. The van der Waals surface area contributed by atoms with Gasteiger partial charge in [-0.25, -0.2) is 0 Å². The Hall–Kier alpha value is -0.360. The molecule has 2 N–H and O–H groups in total. The Bertz CT molecular complexity index is 229. The summed E-state index contributed by atoms with van der Waals surface area (Å²) in [4.78, 5) is 10.8. The molecule has 94 valence electrons. The van der Waals surface area contributed by atoms with Gasteiger partial charge in [-0.15, -0.1) is 0 Å². The van der Waals surface area contributed by atoms with Gasteiger partial charge in [0.05, 0.1) is 0 Å². The van der Waals surface area contributed by atoms with Crippen molar-refractivity contribution in [3.63, 3.8) is 0 Å². The number of hydrogen-bond acceptors (Lipinski definition) is 3. The van der Waals surface area contributed by atoms with Crippen LogP contribution in [-0.4, -0.2) is 35.2 Å². The first-order valence-corrected chi connectivity index (χ1v) is 6.50. The van der Waals surface area contributed by atoms with Crippen LogP contribution in [0.15, 0.2) is 0 Å². The van der Waals surface area contributed by atoms with Crippen LogP contribution in [0.4, 0.5) is 8.78 Å². The van der Waals surface area contributed by atoms with Crippen LogP contribution < -0.4 is 5.32 Å². The molecule has 1 rings (SSSR count). The maximum Gasteiger partial charge on any atom is 0.320 e. The number of alkyl halides is 2. The molecule has 0 aliphatic carbocycles. The van der Waals surface area contributed by atoms with E-state index in [9.17, 15) is 13.6 Å². The fraction of sp³-hybridized carbons (Fsp3) is 0.900. The lowest BCUT2D eigenvalue weighted by molar-refractivity contribution is -0.140. The number of thioether (sulfide) groups is 1. The summed E-state index contributed by atoms with van der Waals surface area (Å²) in [6.45, 7) is 0.712. The minimum Gasteiger partial charge on any atom is -0.480 e. The molecule has 2 unspecified atom stereocenters. The highest BCUT2D eigenvalue weighted by molar-refractivity contribution is 7.99. The zero-order valence-electron chi connectivity index (χ0n) is 8.99. The number of carbonyl (C=O) groups is 1. The van der Waals surface area contributed by atoms with Crippen molar-refractivity contribution >= 4 is 17.7 Å². The Morgan fingerprint density at radius 2 is 2.31 bits per heavy atom. The van der Waals surface area contributed by atoms with E-state index in [2.05, 4.69) is 5.32 Å². The van der Waals surface area contributed by atoms with Crippen LogP contribution in [0.1, 0.15) is 25.7 Å². The van der Waals surface area contributed by atoms with Gasteiger partial charge in [0.15, 0.2) is 0 Å². The van der Waals surface area contributed by atoms with E-state index in [4.69, 9.17) is 5.11 Å². The maximum atomic E-state index is 11.8. The van der Waals surface area contributed by atoms with Gasteiger partial charge >= 0.3 is 5.97 Å². The number of aliphatic carboxylic acids is 1. The summed E-state index contributed by atoms with van der Waals surface area (Å²) in [6.07, 6.45) is 3.16. The van der Waals surface area contributed by atoms with Crippen molar-refractivity contribution in [2.45, 2.75) is 37.5 Å². The number of halogens is 2. The molecule has 0 aromatic heterocycles. The molecule has 1 saturated heterocycles. The topological polar surface area (TPSA) is 49.3 Å². The van der Waals surface area contributed by atoms with Crippen LogP contribution >= 0.6 is 11.8 Å². The van der Waals surface area contributed by atoms with Crippen molar-refractivity contribution in [3.8, 4) is 0 Å². The van der Waals surface area contributed by atoms with Gasteiger partial charge in [0.25, 0.3) is 5.76 Å². The molecule has 0 spiro atoms. The first-order chi connectivity index (χ1) is 7.59. The van der Waals surface area contributed by atoms with Gasteiger partial charge in [0.1, 0.15) is 6.04 Å². The van der Waals surface area contributed by atoms with Crippen LogP contribution in [0.2, 0.25) is 0 Å². The van der Waals surface area contributed by atoms with Gasteiger partial charge in [-0.2, -0.15) is 8.78 Å². The lowest BCUT2D eigenvalue weighted by atomic mass is 9.89. The summed E-state index contributed by atoms with van der Waals surface area (Å²) in [5.41, 5.74) is 0. The predicted octanol–water partition coefficient (Wildman–Crippen LogP) is 2.18. The molecule has 0 aromatic rings. The second-order valence-corrected chi connectivity index (χ2v) is 5.11. The average molecular weight is 253 g/mol. The molecule has 1 fully saturated rings. The van der Waals surface area contributed by atoms with Gasteiger partial charge in [-0.05, 0) is 43.9 Å². The van der Waals surface area contributed by atoms with E-state index >= 15 is 0 Å². The summed E-state index contributed by atoms with van der Waals surface area (Å²) in [6, 6.07) is -0.457. The number of hydrogen-bond donors (Lipinski definition) is 2. The smallest absolute Gasteiger partial charge is 0.320 e. The van der Waals surface area contributed by atoms with Crippen LogP contribution in [0.25, 0.3) is 0 Å². The molecule has 2 atom stereocenters. The number of piperidine rings is 1. The molecular weight excluding hydrogens is 236 g/mol. The number of rotatable bonds is 6. The fourth-order valence-electron chi connectivity index (χ4n) is 1.99. The zero-order valence-corrected chi connectivity index (χ0v) is 9.81. The quantitative estimate of drug-likeness (QED) is 0.712. The van der Waals surface area contributed by atoms with Gasteiger partial charge < -0.3 is 10.4 Å². The highest BCUT2D eigenvalue weighted by Crippen LogP contribution is 2.23.